The summed E-state index contributed by atoms with van der Waals surface area (Å²) in [5.41, 5.74) is 3.26. The number of nitrogens with two attached hydrogens (primary N) is 1. The van der Waals surface area contributed by atoms with Gasteiger partial charge in [-0.1, -0.05) is 30.3 Å². The second-order valence-corrected chi connectivity index (χ2v) is 5.77. The van der Waals surface area contributed by atoms with E-state index in [0.717, 1.165) is 0 Å². The van der Waals surface area contributed by atoms with Gasteiger partial charge in [-0.25, -0.2) is 9.59 Å². The van der Waals surface area contributed by atoms with E-state index < -0.39 is 28.9 Å². The molecule has 0 aliphatic carbocycles. The van der Waals surface area contributed by atoms with Crippen molar-refractivity contribution >= 4 is 17.7 Å². The van der Waals surface area contributed by atoms with Crippen LogP contribution in [0.4, 0.5) is 0 Å². The Morgan fingerprint density at radius 1 is 1.14 bits per heavy atom. The highest BCUT2D eigenvalue weighted by Crippen LogP contribution is 2.19. The zero-order valence-electron chi connectivity index (χ0n) is 12.3. The highest BCUT2D eigenvalue weighted by molar-refractivity contribution is 6.41. The molecule has 1 aromatic carbocycles. The Balaban J connectivity index is 3.14. The van der Waals surface area contributed by atoms with Gasteiger partial charge in [-0.2, -0.15) is 0 Å². The largest absolute Gasteiger partial charge is 0.475 e. The number of hydrogen-bond donors (Lipinski definition) is 2. The van der Waals surface area contributed by atoms with E-state index in [1.165, 1.54) is 0 Å². The molecule has 114 valence electrons. The van der Waals surface area contributed by atoms with Crippen LogP contribution in [0.5, 0.6) is 0 Å². The molecule has 0 unspecified atom stereocenters. The van der Waals surface area contributed by atoms with Gasteiger partial charge in [0, 0.05) is 6.42 Å². The molecule has 0 aromatic heterocycles. The van der Waals surface area contributed by atoms with Crippen molar-refractivity contribution in [2.75, 3.05) is 0 Å². The molecule has 6 nitrogen and oxygen atoms in total. The van der Waals surface area contributed by atoms with E-state index >= 15 is 0 Å². The monoisotopic (exact) mass is 293 g/mol. The molecule has 1 atom stereocenters. The number of ketones is 1. The number of Topliss-reactive ketones (excluding diaryl/α,β-unsaturated/α-hetero) is 1. The highest BCUT2D eigenvalue weighted by Gasteiger charge is 2.48. The zero-order chi connectivity index (χ0) is 16.3. The number of carboxylic acids is 1. The molecule has 0 spiro atoms. The summed E-state index contributed by atoms with van der Waals surface area (Å²) in [6, 6.07) is 8.47. The summed E-state index contributed by atoms with van der Waals surface area (Å²) in [7, 11) is 0. The van der Waals surface area contributed by atoms with Crippen LogP contribution >= 0.6 is 0 Å². The predicted molar refractivity (Wildman–Crippen MR) is 75.6 cm³/mol. The van der Waals surface area contributed by atoms with E-state index in [9.17, 15) is 14.4 Å². The summed E-state index contributed by atoms with van der Waals surface area (Å²) in [6.45, 7) is 4.83. The highest BCUT2D eigenvalue weighted by atomic mass is 16.6. The lowest BCUT2D eigenvalue weighted by molar-refractivity contribution is -0.168. The smallest absolute Gasteiger partial charge is 0.374 e. The molecule has 0 aliphatic heterocycles. The van der Waals surface area contributed by atoms with Gasteiger partial charge in [0.2, 0.25) is 0 Å². The molecule has 0 aliphatic rings. The number of hydrogen-bond acceptors (Lipinski definition) is 5. The number of ether oxygens (including phenoxy) is 1. The molecule has 6 heteroatoms. The van der Waals surface area contributed by atoms with E-state index in [0.29, 0.717) is 5.56 Å². The van der Waals surface area contributed by atoms with Crippen molar-refractivity contribution in [2.45, 2.75) is 38.3 Å². The van der Waals surface area contributed by atoms with Gasteiger partial charge in [-0.15, -0.1) is 0 Å². The summed E-state index contributed by atoms with van der Waals surface area (Å²) in [5, 5.41) is 8.91. The molecule has 21 heavy (non-hydrogen) atoms. The van der Waals surface area contributed by atoms with Crippen molar-refractivity contribution in [3.8, 4) is 0 Å². The zero-order valence-corrected chi connectivity index (χ0v) is 12.3. The lowest BCUT2D eigenvalue weighted by Gasteiger charge is -2.29. The molecule has 3 N–H and O–H groups in total. The fourth-order valence-corrected chi connectivity index (χ4v) is 1.72. The first kappa shape index (κ1) is 16.8. The molecular weight excluding hydrogens is 274 g/mol. The number of benzene rings is 1. The van der Waals surface area contributed by atoms with Crippen molar-refractivity contribution in [3.05, 3.63) is 35.9 Å². The van der Waals surface area contributed by atoms with Gasteiger partial charge >= 0.3 is 11.9 Å². The van der Waals surface area contributed by atoms with Crippen molar-refractivity contribution in [2.24, 2.45) is 5.73 Å². The molecule has 0 bridgehead atoms. The number of esters is 1. The molecule has 0 heterocycles. The summed E-state index contributed by atoms with van der Waals surface area (Å²) in [5.74, 6) is -4.20. The molecule has 1 aromatic rings. The first-order valence-electron chi connectivity index (χ1n) is 6.40. The minimum Gasteiger partial charge on any atom is -0.475 e. The van der Waals surface area contributed by atoms with Crippen LogP contribution in [-0.4, -0.2) is 34.0 Å². The molecule has 0 saturated carbocycles. The van der Waals surface area contributed by atoms with E-state index in [4.69, 9.17) is 15.6 Å². The SMILES string of the molecule is CC(C)(C)OC(=O)[C@](N)(Cc1ccccc1)C(=O)C(=O)O. The van der Waals surface area contributed by atoms with Crippen LogP contribution in [0.1, 0.15) is 26.3 Å². The van der Waals surface area contributed by atoms with Crippen LogP contribution in [0.3, 0.4) is 0 Å². The van der Waals surface area contributed by atoms with Crippen LogP contribution in [0, 0.1) is 0 Å². The van der Waals surface area contributed by atoms with E-state index in [-0.39, 0.29) is 6.42 Å². The first-order chi connectivity index (χ1) is 9.56. The van der Waals surface area contributed by atoms with E-state index in [1.807, 2.05) is 0 Å². The number of rotatable bonds is 5. The van der Waals surface area contributed by atoms with Crippen LogP contribution < -0.4 is 5.73 Å². The Bertz CT molecular complexity index is 547. The van der Waals surface area contributed by atoms with Crippen molar-refractivity contribution < 1.29 is 24.2 Å². The quantitative estimate of drug-likeness (QED) is 0.475. The molecule has 0 radical (unpaired) electrons. The maximum absolute atomic E-state index is 12.2. The fraction of sp³-hybridized carbons (Fsp3) is 0.400. The average Bonchev–Trinajstić information content (AvgIpc) is 2.36. The van der Waals surface area contributed by atoms with Gasteiger partial charge < -0.3 is 15.6 Å². The molecule has 0 fully saturated rings. The van der Waals surface area contributed by atoms with Gasteiger partial charge in [0.05, 0.1) is 0 Å². The second-order valence-electron chi connectivity index (χ2n) is 5.77. The molecular formula is C15H19NO5. The predicted octanol–water partition coefficient (Wildman–Crippen LogP) is 0.922. The van der Waals surface area contributed by atoms with Crippen molar-refractivity contribution in [1.82, 2.24) is 0 Å². The van der Waals surface area contributed by atoms with Gasteiger partial charge in [0.1, 0.15) is 5.60 Å². The Kier molecular flexibility index (Phi) is 4.85. The minimum atomic E-state index is -2.25. The lowest BCUT2D eigenvalue weighted by Crippen LogP contribution is -2.60. The van der Waals surface area contributed by atoms with Gasteiger partial charge in [-0.3, -0.25) is 4.79 Å². The number of carboxylic acid groups (broad SMARTS) is 1. The summed E-state index contributed by atoms with van der Waals surface area (Å²) in [4.78, 5) is 35.0. The fourth-order valence-electron chi connectivity index (χ4n) is 1.72. The maximum atomic E-state index is 12.2. The topological polar surface area (TPSA) is 107 Å². The molecule has 0 saturated heterocycles. The third-order valence-corrected chi connectivity index (χ3v) is 2.69. The van der Waals surface area contributed by atoms with Crippen LogP contribution in [0.25, 0.3) is 0 Å². The van der Waals surface area contributed by atoms with Crippen molar-refractivity contribution in [1.29, 1.82) is 0 Å². The van der Waals surface area contributed by atoms with Crippen molar-refractivity contribution in [3.63, 3.8) is 0 Å². The van der Waals surface area contributed by atoms with Crippen LogP contribution in [-0.2, 0) is 25.5 Å². The second kappa shape index (κ2) is 6.05. The lowest BCUT2D eigenvalue weighted by atomic mass is 9.87. The van der Waals surface area contributed by atoms with Gasteiger partial charge in [-0.05, 0) is 26.3 Å². The normalized spacial score (nSPS) is 14.1. The Morgan fingerprint density at radius 3 is 2.10 bits per heavy atom. The summed E-state index contributed by atoms with van der Waals surface area (Å²) in [6.07, 6.45) is -0.242. The number of aliphatic carboxylic acids is 1. The molecule has 0 amide bonds. The third kappa shape index (κ3) is 4.39. The first-order valence-corrected chi connectivity index (χ1v) is 6.40. The molecule has 1 rings (SSSR count). The van der Waals surface area contributed by atoms with Gasteiger partial charge in [0.15, 0.2) is 5.54 Å². The third-order valence-electron chi connectivity index (χ3n) is 2.69. The summed E-state index contributed by atoms with van der Waals surface area (Å²) < 4.78 is 5.10. The Morgan fingerprint density at radius 2 is 1.67 bits per heavy atom. The maximum Gasteiger partial charge on any atom is 0.374 e. The van der Waals surface area contributed by atoms with Gasteiger partial charge in [0.25, 0.3) is 5.78 Å². The van der Waals surface area contributed by atoms with E-state index in [1.54, 1.807) is 51.1 Å². The summed E-state index contributed by atoms with van der Waals surface area (Å²) >= 11 is 0. The minimum absolute atomic E-state index is 0.242. The number of carbonyl (C=O) groups excluding carboxylic acids is 2. The van der Waals surface area contributed by atoms with E-state index in [2.05, 4.69) is 0 Å². The average molecular weight is 293 g/mol. The standard InChI is InChI=1S/C15H19NO5/c1-14(2,3)21-13(20)15(16,11(17)12(18)19)9-10-7-5-4-6-8-10/h4-8H,9,16H2,1-3H3,(H,18,19)/t15-/m0/s1. The van der Waals surface area contributed by atoms with Crippen LogP contribution in [0.2, 0.25) is 0 Å². The van der Waals surface area contributed by atoms with Crippen LogP contribution in [0.15, 0.2) is 30.3 Å². The Hall–Kier alpha value is -2.21. The Labute approximate surface area is 122 Å². The number of carbonyl (C=O) groups is 3.